The summed E-state index contributed by atoms with van der Waals surface area (Å²) in [6, 6.07) is 13.4. The lowest BCUT2D eigenvalue weighted by atomic mass is 10.1. The molecule has 0 saturated heterocycles. The van der Waals surface area contributed by atoms with Crippen molar-refractivity contribution in [3.63, 3.8) is 0 Å². The maximum Gasteiger partial charge on any atom is 0.244 e. The minimum atomic E-state index is -0.196. The fourth-order valence-electron chi connectivity index (χ4n) is 2.67. The zero-order chi connectivity index (χ0) is 18.4. The SMILES string of the molecule is CC(=O)N(CCc1cccc(Cl)c1)CC(=O)Nc1c(C)cccc1C. The van der Waals surface area contributed by atoms with Gasteiger partial charge in [-0.05, 0) is 49.1 Å². The maximum atomic E-state index is 12.4. The second-order valence-corrected chi connectivity index (χ2v) is 6.57. The highest BCUT2D eigenvalue weighted by atomic mass is 35.5. The summed E-state index contributed by atoms with van der Waals surface area (Å²) in [5.74, 6) is -0.322. The Hall–Kier alpha value is -2.33. The van der Waals surface area contributed by atoms with Gasteiger partial charge in [-0.25, -0.2) is 0 Å². The van der Waals surface area contributed by atoms with Gasteiger partial charge < -0.3 is 10.2 Å². The number of halogens is 1. The minimum Gasteiger partial charge on any atom is -0.333 e. The summed E-state index contributed by atoms with van der Waals surface area (Å²) < 4.78 is 0. The van der Waals surface area contributed by atoms with Crippen LogP contribution in [0.1, 0.15) is 23.6 Å². The topological polar surface area (TPSA) is 49.4 Å². The zero-order valence-corrected chi connectivity index (χ0v) is 15.6. The second kappa shape index (κ2) is 8.67. The molecule has 0 aromatic heterocycles. The molecular weight excluding hydrogens is 336 g/mol. The van der Waals surface area contributed by atoms with Crippen LogP contribution in [-0.4, -0.2) is 29.8 Å². The third kappa shape index (κ3) is 5.61. The number of rotatable bonds is 6. The highest BCUT2D eigenvalue weighted by Crippen LogP contribution is 2.19. The van der Waals surface area contributed by atoms with Gasteiger partial charge in [-0.1, -0.05) is 41.9 Å². The van der Waals surface area contributed by atoms with E-state index in [1.54, 1.807) is 4.90 Å². The molecule has 2 aromatic carbocycles. The van der Waals surface area contributed by atoms with E-state index >= 15 is 0 Å². The van der Waals surface area contributed by atoms with Gasteiger partial charge in [0.25, 0.3) is 0 Å². The summed E-state index contributed by atoms with van der Waals surface area (Å²) in [7, 11) is 0. The minimum absolute atomic E-state index is 0.0314. The summed E-state index contributed by atoms with van der Waals surface area (Å²) in [5.41, 5.74) is 3.85. The van der Waals surface area contributed by atoms with Gasteiger partial charge in [-0.3, -0.25) is 9.59 Å². The average Bonchev–Trinajstić information content (AvgIpc) is 2.55. The first kappa shape index (κ1) is 19.0. The van der Waals surface area contributed by atoms with Gasteiger partial charge in [0.2, 0.25) is 11.8 Å². The van der Waals surface area contributed by atoms with Gasteiger partial charge in [0, 0.05) is 24.2 Å². The van der Waals surface area contributed by atoms with E-state index in [1.165, 1.54) is 6.92 Å². The van der Waals surface area contributed by atoms with Gasteiger partial charge in [0.1, 0.15) is 0 Å². The van der Waals surface area contributed by atoms with E-state index < -0.39 is 0 Å². The molecule has 2 rings (SSSR count). The number of hydrogen-bond donors (Lipinski definition) is 1. The third-order valence-electron chi connectivity index (χ3n) is 4.08. The average molecular weight is 359 g/mol. The van der Waals surface area contributed by atoms with E-state index in [4.69, 9.17) is 11.6 Å². The Kier molecular flexibility index (Phi) is 6.59. The predicted octanol–water partition coefficient (Wildman–Crippen LogP) is 3.99. The van der Waals surface area contributed by atoms with Crippen molar-refractivity contribution in [2.75, 3.05) is 18.4 Å². The lowest BCUT2D eigenvalue weighted by Crippen LogP contribution is -2.38. The molecule has 0 atom stereocenters. The van der Waals surface area contributed by atoms with Crippen molar-refractivity contribution in [2.45, 2.75) is 27.2 Å². The number of benzene rings is 2. The van der Waals surface area contributed by atoms with Crippen molar-refractivity contribution in [1.29, 1.82) is 0 Å². The summed E-state index contributed by atoms with van der Waals surface area (Å²) >= 11 is 5.98. The predicted molar refractivity (Wildman–Crippen MR) is 102 cm³/mol. The molecule has 2 amide bonds. The number of para-hydroxylation sites is 1. The Morgan fingerprint density at radius 1 is 1.08 bits per heavy atom. The van der Waals surface area contributed by atoms with Crippen LogP contribution in [0.25, 0.3) is 0 Å². The number of amides is 2. The van der Waals surface area contributed by atoms with Crippen LogP contribution in [0.2, 0.25) is 5.02 Å². The molecule has 4 nitrogen and oxygen atoms in total. The van der Waals surface area contributed by atoms with Crippen molar-refractivity contribution >= 4 is 29.1 Å². The fraction of sp³-hybridized carbons (Fsp3) is 0.300. The molecule has 5 heteroatoms. The summed E-state index contributed by atoms with van der Waals surface area (Å²) in [6.07, 6.45) is 0.650. The van der Waals surface area contributed by atoms with Crippen LogP contribution in [0.3, 0.4) is 0 Å². The molecule has 0 aliphatic rings. The van der Waals surface area contributed by atoms with Gasteiger partial charge in [-0.2, -0.15) is 0 Å². The molecule has 0 bridgehead atoms. The molecule has 0 saturated carbocycles. The highest BCUT2D eigenvalue weighted by Gasteiger charge is 2.15. The van der Waals surface area contributed by atoms with E-state index in [0.717, 1.165) is 22.4 Å². The van der Waals surface area contributed by atoms with Gasteiger partial charge in [0.15, 0.2) is 0 Å². The lowest BCUT2D eigenvalue weighted by molar-refractivity contribution is -0.132. The molecule has 0 heterocycles. The zero-order valence-electron chi connectivity index (χ0n) is 14.8. The lowest BCUT2D eigenvalue weighted by Gasteiger charge is -2.21. The fourth-order valence-corrected chi connectivity index (χ4v) is 2.88. The first-order chi connectivity index (χ1) is 11.9. The summed E-state index contributed by atoms with van der Waals surface area (Å²) in [4.78, 5) is 25.8. The quantitative estimate of drug-likeness (QED) is 0.848. The molecule has 0 radical (unpaired) electrons. The van der Waals surface area contributed by atoms with Gasteiger partial charge in [-0.15, -0.1) is 0 Å². The van der Waals surface area contributed by atoms with Crippen LogP contribution >= 0.6 is 11.6 Å². The van der Waals surface area contributed by atoms with Crippen molar-refractivity contribution in [1.82, 2.24) is 4.90 Å². The van der Waals surface area contributed by atoms with Gasteiger partial charge in [0.05, 0.1) is 6.54 Å². The monoisotopic (exact) mass is 358 g/mol. The number of carbonyl (C=O) groups excluding carboxylic acids is 2. The molecule has 0 unspecified atom stereocenters. The number of anilines is 1. The Bertz CT molecular complexity index is 754. The van der Waals surface area contributed by atoms with Crippen LogP contribution < -0.4 is 5.32 Å². The van der Waals surface area contributed by atoms with Crippen LogP contribution in [0, 0.1) is 13.8 Å². The van der Waals surface area contributed by atoms with E-state index in [9.17, 15) is 9.59 Å². The van der Waals surface area contributed by atoms with Crippen LogP contribution in [-0.2, 0) is 16.0 Å². The molecule has 0 fully saturated rings. The standard InChI is InChI=1S/C20H23ClN2O2/c1-14-6-4-7-15(2)20(14)22-19(25)13-23(16(3)24)11-10-17-8-5-9-18(21)12-17/h4-9,12H,10-11,13H2,1-3H3,(H,22,25). The van der Waals surface area contributed by atoms with Crippen molar-refractivity contribution in [3.8, 4) is 0 Å². The summed E-state index contributed by atoms with van der Waals surface area (Å²) in [5, 5.41) is 3.58. The van der Waals surface area contributed by atoms with E-state index in [-0.39, 0.29) is 18.4 Å². The molecule has 0 aliphatic carbocycles. The number of nitrogens with zero attached hydrogens (tertiary/aromatic N) is 1. The summed E-state index contributed by atoms with van der Waals surface area (Å²) in [6.45, 7) is 5.87. The molecule has 0 aliphatic heterocycles. The number of carbonyl (C=O) groups is 2. The molecular formula is C20H23ClN2O2. The number of hydrogen-bond acceptors (Lipinski definition) is 2. The molecule has 2 aromatic rings. The Balaban J connectivity index is 1.98. The molecule has 132 valence electrons. The Morgan fingerprint density at radius 2 is 1.72 bits per heavy atom. The Labute approximate surface area is 153 Å². The van der Waals surface area contributed by atoms with Crippen LogP contribution in [0.15, 0.2) is 42.5 Å². The number of nitrogens with one attached hydrogen (secondary N) is 1. The maximum absolute atomic E-state index is 12.4. The normalized spacial score (nSPS) is 10.4. The van der Waals surface area contributed by atoms with Crippen molar-refractivity contribution < 1.29 is 9.59 Å². The first-order valence-corrected chi connectivity index (χ1v) is 8.60. The van der Waals surface area contributed by atoms with E-state index in [2.05, 4.69) is 5.32 Å². The van der Waals surface area contributed by atoms with Crippen LogP contribution in [0.4, 0.5) is 5.69 Å². The smallest absolute Gasteiger partial charge is 0.244 e. The molecule has 0 spiro atoms. The van der Waals surface area contributed by atoms with Crippen LogP contribution in [0.5, 0.6) is 0 Å². The largest absolute Gasteiger partial charge is 0.333 e. The second-order valence-electron chi connectivity index (χ2n) is 6.14. The van der Waals surface area contributed by atoms with E-state index in [1.807, 2.05) is 56.3 Å². The first-order valence-electron chi connectivity index (χ1n) is 8.23. The van der Waals surface area contributed by atoms with E-state index in [0.29, 0.717) is 18.0 Å². The molecule has 1 N–H and O–H groups in total. The highest BCUT2D eigenvalue weighted by molar-refractivity contribution is 6.30. The molecule has 25 heavy (non-hydrogen) atoms. The van der Waals surface area contributed by atoms with Crippen molar-refractivity contribution in [3.05, 3.63) is 64.2 Å². The third-order valence-corrected chi connectivity index (χ3v) is 4.32. The Morgan fingerprint density at radius 3 is 2.32 bits per heavy atom. The number of aryl methyl sites for hydroxylation is 2. The van der Waals surface area contributed by atoms with Crippen molar-refractivity contribution in [2.24, 2.45) is 0 Å². The van der Waals surface area contributed by atoms with Gasteiger partial charge >= 0.3 is 0 Å².